The van der Waals surface area contributed by atoms with E-state index in [9.17, 15) is 4.79 Å². The summed E-state index contributed by atoms with van der Waals surface area (Å²) in [7, 11) is 1.63. The van der Waals surface area contributed by atoms with Crippen molar-refractivity contribution >= 4 is 16.9 Å². The molecule has 0 saturated heterocycles. The zero-order valence-electron chi connectivity index (χ0n) is 10.8. The van der Waals surface area contributed by atoms with Crippen LogP contribution in [0.2, 0.25) is 0 Å². The van der Waals surface area contributed by atoms with Gasteiger partial charge in [-0.3, -0.25) is 4.79 Å². The maximum Gasteiger partial charge on any atom is 0.304 e. The maximum atomic E-state index is 10.8. The van der Waals surface area contributed by atoms with Crippen LogP contribution >= 0.6 is 0 Å². The van der Waals surface area contributed by atoms with Gasteiger partial charge in [0.1, 0.15) is 5.75 Å². The van der Waals surface area contributed by atoms with Crippen molar-refractivity contribution in [3.8, 4) is 5.75 Å². The number of H-pyrrole nitrogens is 1. The van der Waals surface area contributed by atoms with E-state index < -0.39 is 5.97 Å². The molecule has 1 aromatic carbocycles. The number of fused-ring (bicyclic) bond motifs is 1. The molecule has 96 valence electrons. The Hall–Kier alpha value is -1.97. The van der Waals surface area contributed by atoms with Crippen molar-refractivity contribution in [2.45, 2.75) is 26.2 Å². The number of carbonyl (C=O) groups is 1. The second kappa shape index (κ2) is 4.72. The summed E-state index contributed by atoms with van der Waals surface area (Å²) in [5, 5.41) is 9.96. The third-order valence-electron chi connectivity index (χ3n) is 3.29. The summed E-state index contributed by atoms with van der Waals surface area (Å²) in [5.41, 5.74) is 3.00. The van der Waals surface area contributed by atoms with Crippen LogP contribution in [0.3, 0.4) is 0 Å². The van der Waals surface area contributed by atoms with E-state index >= 15 is 0 Å². The Morgan fingerprint density at radius 1 is 1.50 bits per heavy atom. The minimum atomic E-state index is -0.785. The molecule has 4 nitrogen and oxygen atoms in total. The Labute approximate surface area is 106 Å². The van der Waals surface area contributed by atoms with Crippen LogP contribution in [-0.2, 0) is 4.79 Å². The number of hydrogen-bond acceptors (Lipinski definition) is 2. The second-order valence-corrected chi connectivity index (χ2v) is 4.55. The molecule has 0 saturated carbocycles. The van der Waals surface area contributed by atoms with Crippen LogP contribution in [0.25, 0.3) is 10.9 Å². The SMILES string of the molecule is COc1cccc2c(C)c(C(C)CC(=O)O)[nH]c12. The van der Waals surface area contributed by atoms with Crippen LogP contribution < -0.4 is 4.74 Å². The van der Waals surface area contributed by atoms with Crippen molar-refractivity contribution in [2.75, 3.05) is 7.11 Å². The zero-order valence-corrected chi connectivity index (χ0v) is 10.8. The first kappa shape index (κ1) is 12.5. The molecular weight excluding hydrogens is 230 g/mol. The van der Waals surface area contributed by atoms with E-state index in [2.05, 4.69) is 4.98 Å². The zero-order chi connectivity index (χ0) is 13.3. The lowest BCUT2D eigenvalue weighted by atomic mass is 10.00. The summed E-state index contributed by atoms with van der Waals surface area (Å²) in [6.07, 6.45) is 0.121. The normalized spacial score (nSPS) is 12.6. The fraction of sp³-hybridized carbons (Fsp3) is 0.357. The highest BCUT2D eigenvalue weighted by Crippen LogP contribution is 2.33. The minimum Gasteiger partial charge on any atom is -0.495 e. The lowest BCUT2D eigenvalue weighted by molar-refractivity contribution is -0.137. The molecule has 2 rings (SSSR count). The molecule has 0 aliphatic heterocycles. The molecule has 0 radical (unpaired) electrons. The standard InChI is InChI=1S/C14H17NO3/c1-8(7-12(16)17)13-9(2)10-5-4-6-11(18-3)14(10)15-13/h4-6,8,15H,7H2,1-3H3,(H,16,17). The number of aryl methyl sites for hydroxylation is 1. The molecule has 0 aliphatic carbocycles. The van der Waals surface area contributed by atoms with Crippen LogP contribution in [0.15, 0.2) is 18.2 Å². The van der Waals surface area contributed by atoms with Gasteiger partial charge in [-0.15, -0.1) is 0 Å². The number of methoxy groups -OCH3 is 1. The third kappa shape index (κ3) is 2.06. The lowest BCUT2D eigenvalue weighted by Gasteiger charge is -2.07. The first-order chi connectivity index (χ1) is 8.54. The highest BCUT2D eigenvalue weighted by Gasteiger charge is 2.17. The molecule has 2 N–H and O–H groups in total. The summed E-state index contributed by atoms with van der Waals surface area (Å²) >= 11 is 0. The quantitative estimate of drug-likeness (QED) is 0.872. The number of carboxylic acid groups (broad SMARTS) is 1. The van der Waals surface area contributed by atoms with Gasteiger partial charge in [-0.05, 0) is 18.6 Å². The van der Waals surface area contributed by atoms with Gasteiger partial charge in [0.05, 0.1) is 19.0 Å². The average Bonchev–Trinajstić information content (AvgIpc) is 2.66. The predicted octanol–water partition coefficient (Wildman–Crippen LogP) is 3.06. The van der Waals surface area contributed by atoms with Gasteiger partial charge >= 0.3 is 5.97 Å². The van der Waals surface area contributed by atoms with Gasteiger partial charge in [-0.25, -0.2) is 0 Å². The molecule has 0 aliphatic rings. The van der Waals surface area contributed by atoms with Crippen molar-refractivity contribution in [3.63, 3.8) is 0 Å². The average molecular weight is 247 g/mol. The Bertz CT molecular complexity index is 586. The fourth-order valence-corrected chi connectivity index (χ4v) is 2.37. The summed E-state index contributed by atoms with van der Waals surface area (Å²) in [4.78, 5) is 14.1. The van der Waals surface area contributed by atoms with Crippen LogP contribution in [-0.4, -0.2) is 23.2 Å². The molecule has 4 heteroatoms. The molecule has 1 atom stereocenters. The van der Waals surface area contributed by atoms with Gasteiger partial charge in [-0.2, -0.15) is 0 Å². The second-order valence-electron chi connectivity index (χ2n) is 4.55. The number of para-hydroxylation sites is 1. The Morgan fingerprint density at radius 2 is 2.22 bits per heavy atom. The molecule has 2 aromatic rings. The Kier molecular flexibility index (Phi) is 3.28. The first-order valence-electron chi connectivity index (χ1n) is 5.91. The van der Waals surface area contributed by atoms with Crippen molar-refractivity contribution in [1.82, 2.24) is 4.98 Å². The van der Waals surface area contributed by atoms with E-state index in [0.717, 1.165) is 27.9 Å². The van der Waals surface area contributed by atoms with E-state index in [1.807, 2.05) is 32.0 Å². The Balaban J connectivity index is 2.53. The fourth-order valence-electron chi connectivity index (χ4n) is 2.37. The molecule has 0 amide bonds. The predicted molar refractivity (Wildman–Crippen MR) is 70.3 cm³/mol. The number of aromatic amines is 1. The molecule has 0 bridgehead atoms. The number of rotatable bonds is 4. The van der Waals surface area contributed by atoms with Crippen molar-refractivity contribution in [3.05, 3.63) is 29.5 Å². The number of aromatic nitrogens is 1. The highest BCUT2D eigenvalue weighted by molar-refractivity contribution is 5.89. The number of aliphatic carboxylic acids is 1. The van der Waals surface area contributed by atoms with E-state index in [1.54, 1.807) is 7.11 Å². The first-order valence-corrected chi connectivity index (χ1v) is 5.91. The Morgan fingerprint density at radius 3 is 2.83 bits per heavy atom. The van der Waals surface area contributed by atoms with Crippen LogP contribution in [0.1, 0.15) is 30.5 Å². The van der Waals surface area contributed by atoms with Gasteiger partial charge in [0.2, 0.25) is 0 Å². The van der Waals surface area contributed by atoms with Crippen LogP contribution in [0.4, 0.5) is 0 Å². The highest BCUT2D eigenvalue weighted by atomic mass is 16.5. The van der Waals surface area contributed by atoms with Crippen LogP contribution in [0, 0.1) is 6.92 Å². The van der Waals surface area contributed by atoms with Gasteiger partial charge in [-0.1, -0.05) is 19.1 Å². The molecule has 1 aromatic heterocycles. The van der Waals surface area contributed by atoms with Gasteiger partial charge in [0.25, 0.3) is 0 Å². The third-order valence-corrected chi connectivity index (χ3v) is 3.29. The molecule has 0 spiro atoms. The summed E-state index contributed by atoms with van der Waals surface area (Å²) in [6.45, 7) is 3.92. The molecule has 18 heavy (non-hydrogen) atoms. The number of hydrogen-bond donors (Lipinski definition) is 2. The van der Waals surface area contributed by atoms with Crippen molar-refractivity contribution in [2.24, 2.45) is 0 Å². The molecular formula is C14H17NO3. The van der Waals surface area contributed by atoms with Gasteiger partial charge in [0, 0.05) is 17.0 Å². The van der Waals surface area contributed by atoms with E-state index in [-0.39, 0.29) is 12.3 Å². The number of benzene rings is 1. The molecule has 0 fully saturated rings. The van der Waals surface area contributed by atoms with Crippen molar-refractivity contribution in [1.29, 1.82) is 0 Å². The number of ether oxygens (including phenoxy) is 1. The summed E-state index contributed by atoms with van der Waals surface area (Å²) in [6, 6.07) is 5.85. The van der Waals surface area contributed by atoms with Gasteiger partial charge < -0.3 is 14.8 Å². The van der Waals surface area contributed by atoms with E-state index in [1.165, 1.54) is 0 Å². The number of carboxylic acids is 1. The number of nitrogens with one attached hydrogen (secondary N) is 1. The summed E-state index contributed by atoms with van der Waals surface area (Å²) in [5.74, 6) is -0.0449. The lowest BCUT2D eigenvalue weighted by Crippen LogP contribution is -2.04. The van der Waals surface area contributed by atoms with E-state index in [0.29, 0.717) is 0 Å². The molecule has 1 heterocycles. The minimum absolute atomic E-state index is 0.0420. The largest absolute Gasteiger partial charge is 0.495 e. The van der Waals surface area contributed by atoms with Gasteiger partial charge in [0.15, 0.2) is 0 Å². The molecule has 1 unspecified atom stereocenters. The van der Waals surface area contributed by atoms with E-state index in [4.69, 9.17) is 9.84 Å². The smallest absolute Gasteiger partial charge is 0.304 e. The maximum absolute atomic E-state index is 10.8. The topological polar surface area (TPSA) is 62.3 Å². The van der Waals surface area contributed by atoms with Crippen molar-refractivity contribution < 1.29 is 14.6 Å². The van der Waals surface area contributed by atoms with Crippen LogP contribution in [0.5, 0.6) is 5.75 Å². The summed E-state index contributed by atoms with van der Waals surface area (Å²) < 4.78 is 5.31. The monoisotopic (exact) mass is 247 g/mol.